The number of carbonyl (C=O) groups excluding carboxylic acids is 2. The number of ketones is 1. The minimum atomic E-state index is -0.525. The van der Waals surface area contributed by atoms with Crippen LogP contribution in [-0.2, 0) is 4.79 Å². The van der Waals surface area contributed by atoms with E-state index in [-0.39, 0.29) is 0 Å². The quantitative estimate of drug-likeness (QED) is 0.788. The van der Waals surface area contributed by atoms with E-state index in [0.717, 1.165) is 5.69 Å². The van der Waals surface area contributed by atoms with Crippen molar-refractivity contribution in [1.29, 1.82) is 0 Å². The highest BCUT2D eigenvalue weighted by atomic mass is 16.2. The molecule has 1 aliphatic heterocycles. The van der Waals surface area contributed by atoms with Crippen molar-refractivity contribution in [2.45, 2.75) is 25.3 Å². The van der Waals surface area contributed by atoms with E-state index in [2.05, 4.69) is 17.3 Å². The molecule has 0 saturated heterocycles. The second kappa shape index (κ2) is 3.58. The zero-order chi connectivity index (χ0) is 12.0. The van der Waals surface area contributed by atoms with E-state index in [1.165, 1.54) is 19.3 Å². The maximum Gasteiger partial charge on any atom is 0.296 e. The van der Waals surface area contributed by atoms with Gasteiger partial charge < -0.3 is 10.2 Å². The van der Waals surface area contributed by atoms with Crippen molar-refractivity contribution >= 4 is 23.1 Å². The Bertz CT molecular complexity index is 506. The largest absolute Gasteiger partial charge is 0.372 e. The van der Waals surface area contributed by atoms with Gasteiger partial charge in [-0.15, -0.1) is 0 Å². The summed E-state index contributed by atoms with van der Waals surface area (Å²) < 4.78 is 0. The van der Waals surface area contributed by atoms with Gasteiger partial charge in [-0.25, -0.2) is 0 Å². The Kier molecular flexibility index (Phi) is 2.18. The van der Waals surface area contributed by atoms with Crippen LogP contribution in [0.1, 0.15) is 29.6 Å². The predicted octanol–water partition coefficient (Wildman–Crippen LogP) is 1.81. The average Bonchev–Trinajstić information content (AvgIpc) is 2.52. The van der Waals surface area contributed by atoms with Crippen LogP contribution < -0.4 is 10.2 Å². The monoisotopic (exact) mass is 230 g/mol. The molecule has 17 heavy (non-hydrogen) atoms. The summed E-state index contributed by atoms with van der Waals surface area (Å²) >= 11 is 0. The van der Waals surface area contributed by atoms with Crippen LogP contribution in [0.2, 0.25) is 0 Å². The van der Waals surface area contributed by atoms with Crippen LogP contribution in [0.5, 0.6) is 0 Å². The summed E-state index contributed by atoms with van der Waals surface area (Å²) in [7, 11) is 2.06. The highest BCUT2D eigenvalue weighted by molar-refractivity contribution is 6.51. The Morgan fingerprint density at radius 2 is 2.06 bits per heavy atom. The molecule has 88 valence electrons. The summed E-state index contributed by atoms with van der Waals surface area (Å²) in [5.41, 5.74) is 2.19. The van der Waals surface area contributed by atoms with E-state index >= 15 is 0 Å². The molecular formula is C13H14N2O2. The van der Waals surface area contributed by atoms with Gasteiger partial charge in [-0.1, -0.05) is 0 Å². The minimum absolute atomic E-state index is 0.433. The fraction of sp³-hybridized carbons (Fsp3) is 0.385. The Morgan fingerprint density at radius 3 is 2.71 bits per heavy atom. The van der Waals surface area contributed by atoms with Crippen molar-refractivity contribution in [2.75, 3.05) is 17.3 Å². The highest BCUT2D eigenvalue weighted by Crippen LogP contribution is 2.32. The number of nitrogens with one attached hydrogen (secondary N) is 1. The van der Waals surface area contributed by atoms with Crippen LogP contribution in [0, 0.1) is 0 Å². The molecule has 0 unspecified atom stereocenters. The first-order chi connectivity index (χ1) is 8.16. The maximum absolute atomic E-state index is 11.5. The minimum Gasteiger partial charge on any atom is -0.372 e. The molecule has 1 aromatic rings. The number of hydrogen-bond donors (Lipinski definition) is 1. The number of anilines is 2. The van der Waals surface area contributed by atoms with Gasteiger partial charge in [-0.2, -0.15) is 0 Å². The molecule has 1 aliphatic carbocycles. The summed E-state index contributed by atoms with van der Waals surface area (Å²) in [5.74, 6) is -0.957. The zero-order valence-corrected chi connectivity index (χ0v) is 9.69. The first-order valence-corrected chi connectivity index (χ1v) is 5.89. The lowest BCUT2D eigenvalue weighted by atomic mass is 9.91. The Morgan fingerprint density at radius 1 is 1.29 bits per heavy atom. The van der Waals surface area contributed by atoms with Crippen LogP contribution in [0.15, 0.2) is 18.2 Å². The third-order valence-corrected chi connectivity index (χ3v) is 3.73. The summed E-state index contributed by atoms with van der Waals surface area (Å²) in [5, 5.41) is 2.60. The van der Waals surface area contributed by atoms with E-state index in [1.54, 1.807) is 6.07 Å². The topological polar surface area (TPSA) is 49.4 Å². The number of hydrogen-bond acceptors (Lipinski definition) is 3. The van der Waals surface area contributed by atoms with Crippen molar-refractivity contribution in [1.82, 2.24) is 0 Å². The second-order valence-electron chi connectivity index (χ2n) is 4.71. The predicted molar refractivity (Wildman–Crippen MR) is 65.4 cm³/mol. The summed E-state index contributed by atoms with van der Waals surface area (Å²) in [6.07, 6.45) is 3.73. The molecule has 1 aromatic carbocycles. The fourth-order valence-corrected chi connectivity index (χ4v) is 2.34. The van der Waals surface area contributed by atoms with Gasteiger partial charge in [0.15, 0.2) is 0 Å². The second-order valence-corrected chi connectivity index (χ2v) is 4.71. The molecule has 0 aromatic heterocycles. The lowest BCUT2D eigenvalue weighted by molar-refractivity contribution is -0.112. The molecule has 1 amide bonds. The summed E-state index contributed by atoms with van der Waals surface area (Å²) in [6, 6.07) is 6.13. The van der Waals surface area contributed by atoms with Gasteiger partial charge in [-0.3, -0.25) is 9.59 Å². The summed E-state index contributed by atoms with van der Waals surface area (Å²) in [6.45, 7) is 0. The molecule has 2 aliphatic rings. The van der Waals surface area contributed by atoms with Gasteiger partial charge >= 0.3 is 0 Å². The molecule has 4 heteroatoms. The van der Waals surface area contributed by atoms with Gasteiger partial charge in [0.25, 0.3) is 11.7 Å². The lowest BCUT2D eigenvalue weighted by Crippen LogP contribution is -2.37. The molecule has 0 atom stereocenters. The summed E-state index contributed by atoms with van der Waals surface area (Å²) in [4.78, 5) is 24.9. The highest BCUT2D eigenvalue weighted by Gasteiger charge is 2.29. The average molecular weight is 230 g/mol. The molecule has 1 fully saturated rings. The first-order valence-electron chi connectivity index (χ1n) is 5.89. The van der Waals surface area contributed by atoms with Gasteiger partial charge in [-0.05, 0) is 37.5 Å². The standard InChI is InChI=1S/C13H14N2O2/c1-15(8-3-2-4-8)9-5-6-10-11(7-9)14-13(17)12(10)16/h5-8H,2-4H2,1H3,(H,14,16,17). The maximum atomic E-state index is 11.5. The van der Waals surface area contributed by atoms with E-state index in [4.69, 9.17) is 0 Å². The first kappa shape index (κ1) is 10.3. The molecule has 4 nitrogen and oxygen atoms in total. The van der Waals surface area contributed by atoms with Gasteiger partial charge in [0.05, 0.1) is 11.3 Å². The van der Waals surface area contributed by atoms with E-state index in [9.17, 15) is 9.59 Å². The molecule has 0 spiro atoms. The number of benzene rings is 1. The number of fused-ring (bicyclic) bond motifs is 1. The Hall–Kier alpha value is -1.84. The third kappa shape index (κ3) is 1.52. The number of nitrogens with zero attached hydrogens (tertiary/aromatic N) is 1. The van der Waals surface area contributed by atoms with E-state index < -0.39 is 11.7 Å². The number of amides is 1. The van der Waals surface area contributed by atoms with Crippen molar-refractivity contribution in [3.8, 4) is 0 Å². The Balaban J connectivity index is 1.92. The van der Waals surface area contributed by atoms with E-state index in [1.807, 2.05) is 12.1 Å². The zero-order valence-electron chi connectivity index (χ0n) is 9.69. The van der Waals surface area contributed by atoms with Crippen LogP contribution in [-0.4, -0.2) is 24.8 Å². The van der Waals surface area contributed by atoms with Crippen molar-refractivity contribution in [3.63, 3.8) is 0 Å². The molecule has 1 saturated carbocycles. The van der Waals surface area contributed by atoms with Crippen molar-refractivity contribution in [3.05, 3.63) is 23.8 Å². The van der Waals surface area contributed by atoms with Crippen molar-refractivity contribution in [2.24, 2.45) is 0 Å². The molecule has 1 heterocycles. The lowest BCUT2D eigenvalue weighted by Gasteiger charge is -2.36. The number of rotatable bonds is 2. The normalized spacial score (nSPS) is 18.6. The van der Waals surface area contributed by atoms with E-state index in [0.29, 0.717) is 17.3 Å². The van der Waals surface area contributed by atoms with Crippen molar-refractivity contribution < 1.29 is 9.59 Å². The third-order valence-electron chi connectivity index (χ3n) is 3.73. The van der Waals surface area contributed by atoms with Crippen LogP contribution in [0.3, 0.4) is 0 Å². The Labute approximate surface area is 99.6 Å². The van der Waals surface area contributed by atoms with Gasteiger partial charge in [0.2, 0.25) is 0 Å². The van der Waals surface area contributed by atoms with Crippen LogP contribution in [0.4, 0.5) is 11.4 Å². The molecule has 0 radical (unpaired) electrons. The van der Waals surface area contributed by atoms with Crippen LogP contribution >= 0.6 is 0 Å². The smallest absolute Gasteiger partial charge is 0.296 e. The molecule has 0 bridgehead atoms. The van der Waals surface area contributed by atoms with Crippen LogP contribution in [0.25, 0.3) is 0 Å². The number of Topliss-reactive ketones (excluding diaryl/α,β-unsaturated/α-hetero) is 1. The van der Waals surface area contributed by atoms with Gasteiger partial charge in [0, 0.05) is 18.8 Å². The van der Waals surface area contributed by atoms with Gasteiger partial charge in [0.1, 0.15) is 0 Å². The molecular weight excluding hydrogens is 216 g/mol. The SMILES string of the molecule is CN(c1ccc2c(c1)NC(=O)C2=O)C1CCC1. The molecule has 1 N–H and O–H groups in total. The fourth-order valence-electron chi connectivity index (χ4n) is 2.34. The number of carbonyl (C=O) groups is 2. The molecule has 3 rings (SSSR count).